The van der Waals surface area contributed by atoms with Crippen molar-refractivity contribution in [2.24, 2.45) is 0 Å². The summed E-state index contributed by atoms with van der Waals surface area (Å²) in [5, 5.41) is 0.471. The quantitative estimate of drug-likeness (QED) is 0.197. The van der Waals surface area contributed by atoms with Gasteiger partial charge >= 0.3 is 11.9 Å². The lowest BCUT2D eigenvalue weighted by Gasteiger charge is -2.23. The van der Waals surface area contributed by atoms with E-state index in [-0.39, 0.29) is 34.4 Å². The zero-order chi connectivity index (χ0) is 32.8. The molecule has 0 spiro atoms. The summed E-state index contributed by atoms with van der Waals surface area (Å²) in [5.74, 6) is -0.652. The molecule has 0 aliphatic rings. The van der Waals surface area contributed by atoms with E-state index in [2.05, 4.69) is 4.72 Å². The number of nitrogens with zero attached hydrogens (tertiary/aromatic N) is 1. The number of hydrogen-bond donors (Lipinski definition) is 1. The zero-order valence-electron chi connectivity index (χ0n) is 24.9. The molecule has 0 radical (unpaired) electrons. The predicted octanol–water partition coefficient (Wildman–Crippen LogP) is 3.54. The second-order valence-electron chi connectivity index (χ2n) is 9.46. The van der Waals surface area contributed by atoms with Gasteiger partial charge < -0.3 is 23.4 Å². The number of esters is 2. The molecule has 0 saturated carbocycles. The molecule has 0 saturated heterocycles. The van der Waals surface area contributed by atoms with E-state index in [1.165, 1.54) is 88.1 Å². The first-order valence-electron chi connectivity index (χ1n) is 13.5. The summed E-state index contributed by atoms with van der Waals surface area (Å²) in [5.41, 5.74) is 0.951. The molecule has 45 heavy (non-hydrogen) atoms. The Morgan fingerprint density at radius 2 is 1.56 bits per heavy atom. The van der Waals surface area contributed by atoms with Gasteiger partial charge in [-0.05, 0) is 73.2 Å². The smallest absolute Gasteiger partial charge is 0.339 e. The molecule has 0 aliphatic heterocycles. The molecule has 1 unspecified atom stereocenters. The minimum Gasteiger partial charge on any atom is -0.497 e. The van der Waals surface area contributed by atoms with Crippen molar-refractivity contribution in [1.29, 1.82) is 0 Å². The Kier molecular flexibility index (Phi) is 10.5. The highest BCUT2D eigenvalue weighted by molar-refractivity contribution is 7.92. The number of fused-ring (bicyclic) bond motifs is 1. The minimum atomic E-state index is -4.21. The Morgan fingerprint density at radius 1 is 0.889 bits per heavy atom. The second kappa shape index (κ2) is 14.1. The van der Waals surface area contributed by atoms with Crippen LogP contribution in [0.3, 0.4) is 0 Å². The van der Waals surface area contributed by atoms with Gasteiger partial charge in [-0.3, -0.25) is 9.10 Å². The Morgan fingerprint density at radius 3 is 2.16 bits per heavy atom. The molecule has 15 heteroatoms. The number of carbonyl (C=O) groups is 2. The fraction of sp³-hybridized carbons (Fsp3) is 0.267. The number of nitrogens with one attached hydrogen (secondary N) is 1. The molecule has 1 heterocycles. The Bertz CT molecular complexity index is 1870. The van der Waals surface area contributed by atoms with Crippen molar-refractivity contribution in [2.45, 2.75) is 29.4 Å². The third kappa shape index (κ3) is 7.62. The number of benzene rings is 3. The van der Waals surface area contributed by atoms with Crippen LogP contribution in [0.2, 0.25) is 0 Å². The minimum absolute atomic E-state index is 0.0530. The van der Waals surface area contributed by atoms with Gasteiger partial charge in [0.25, 0.3) is 10.0 Å². The normalized spacial score (nSPS) is 12.4. The van der Waals surface area contributed by atoms with Crippen LogP contribution in [0, 0.1) is 0 Å². The van der Waals surface area contributed by atoms with Crippen molar-refractivity contribution >= 4 is 48.6 Å². The number of anilines is 1. The Labute approximate surface area is 260 Å². The molecular weight excluding hydrogens is 628 g/mol. The molecule has 1 atom stereocenters. The number of ether oxygens (including phenoxy) is 4. The predicted molar refractivity (Wildman–Crippen MR) is 163 cm³/mol. The summed E-state index contributed by atoms with van der Waals surface area (Å²) < 4.78 is 82.3. The lowest BCUT2D eigenvalue weighted by molar-refractivity contribution is -0.152. The van der Waals surface area contributed by atoms with Gasteiger partial charge in [-0.2, -0.15) is 0 Å². The molecule has 1 aromatic heterocycles. The molecule has 4 aromatic rings. The number of furan rings is 1. The van der Waals surface area contributed by atoms with Crippen LogP contribution in [0.15, 0.2) is 87.0 Å². The molecule has 1 N–H and O–H groups in total. The van der Waals surface area contributed by atoms with Crippen LogP contribution in [0.1, 0.15) is 24.4 Å². The number of sulfonamides is 2. The maximum atomic E-state index is 13.6. The van der Waals surface area contributed by atoms with Crippen molar-refractivity contribution in [3.8, 4) is 5.75 Å². The number of methoxy groups -OCH3 is 3. The molecule has 240 valence electrons. The summed E-state index contributed by atoms with van der Waals surface area (Å²) >= 11 is 0. The number of rotatable bonds is 14. The van der Waals surface area contributed by atoms with Crippen LogP contribution >= 0.6 is 0 Å². The highest BCUT2D eigenvalue weighted by atomic mass is 32.2. The van der Waals surface area contributed by atoms with Crippen LogP contribution in [0.4, 0.5) is 5.69 Å². The molecule has 4 rings (SSSR count). The second-order valence-corrected chi connectivity index (χ2v) is 13.1. The molecule has 3 aromatic carbocycles. The topological polar surface area (TPSA) is 168 Å². The van der Waals surface area contributed by atoms with Gasteiger partial charge in [0.1, 0.15) is 23.6 Å². The van der Waals surface area contributed by atoms with E-state index in [0.29, 0.717) is 22.3 Å². The monoisotopic (exact) mass is 660 g/mol. The first kappa shape index (κ1) is 33.5. The average molecular weight is 661 g/mol. The van der Waals surface area contributed by atoms with Crippen LogP contribution in [0.25, 0.3) is 11.0 Å². The lowest BCUT2D eigenvalue weighted by Crippen LogP contribution is -2.36. The number of hydrogen-bond acceptors (Lipinski definition) is 11. The van der Waals surface area contributed by atoms with E-state index in [0.717, 1.165) is 4.31 Å². The largest absolute Gasteiger partial charge is 0.497 e. The van der Waals surface area contributed by atoms with Crippen LogP contribution in [-0.4, -0.2) is 63.3 Å². The van der Waals surface area contributed by atoms with Gasteiger partial charge in [0.05, 0.1) is 42.8 Å². The molecule has 13 nitrogen and oxygen atoms in total. The van der Waals surface area contributed by atoms with Crippen LogP contribution in [0.5, 0.6) is 5.75 Å². The standard InChI is InChI=1S/C30H32N2O11S2/c1-5-42-28(33)19-32(45(37,38)26-13-9-23(39-2)10-14-26)22-8-15-27-21(16-22)17-24(43-27)18-31-44(35,36)25-11-6-20(7-12-25)29(40-3)30(34)41-4/h6-17,29,31H,5,18-19H2,1-4H3. The Hall–Kier alpha value is -4.44. The summed E-state index contributed by atoms with van der Waals surface area (Å²) in [6.45, 7) is 0.889. The maximum absolute atomic E-state index is 13.6. The van der Waals surface area contributed by atoms with Crippen molar-refractivity contribution in [2.75, 3.05) is 38.8 Å². The summed E-state index contributed by atoms with van der Waals surface area (Å²) in [7, 11) is -4.18. The lowest BCUT2D eigenvalue weighted by atomic mass is 10.1. The maximum Gasteiger partial charge on any atom is 0.339 e. The van der Waals surface area contributed by atoms with Gasteiger partial charge in [-0.25, -0.2) is 26.4 Å². The number of carbonyl (C=O) groups excluding carboxylic acids is 2. The van der Waals surface area contributed by atoms with E-state index in [1.807, 2.05) is 0 Å². The van der Waals surface area contributed by atoms with Crippen LogP contribution in [-0.2, 0) is 50.4 Å². The van der Waals surface area contributed by atoms with Gasteiger partial charge in [0, 0.05) is 12.5 Å². The van der Waals surface area contributed by atoms with Crippen molar-refractivity contribution in [3.05, 3.63) is 84.1 Å². The van der Waals surface area contributed by atoms with E-state index >= 15 is 0 Å². The highest BCUT2D eigenvalue weighted by Crippen LogP contribution is 2.30. The van der Waals surface area contributed by atoms with Gasteiger partial charge in [0.2, 0.25) is 10.0 Å². The van der Waals surface area contributed by atoms with E-state index in [1.54, 1.807) is 13.0 Å². The van der Waals surface area contributed by atoms with Gasteiger partial charge in [-0.1, -0.05) is 12.1 Å². The third-order valence-electron chi connectivity index (χ3n) is 6.64. The van der Waals surface area contributed by atoms with Crippen molar-refractivity contribution in [3.63, 3.8) is 0 Å². The summed E-state index contributed by atoms with van der Waals surface area (Å²) in [6, 6.07) is 17.4. The van der Waals surface area contributed by atoms with Gasteiger partial charge in [0.15, 0.2) is 6.10 Å². The van der Waals surface area contributed by atoms with E-state index in [4.69, 9.17) is 23.4 Å². The summed E-state index contributed by atoms with van der Waals surface area (Å²) in [4.78, 5) is 24.2. The first-order chi connectivity index (χ1) is 21.4. The molecular formula is C30H32N2O11S2. The SMILES string of the molecule is CCOC(=O)CN(c1ccc2oc(CNS(=O)(=O)c3ccc(C(OC)C(=O)OC)cc3)cc2c1)S(=O)(=O)c1ccc(OC)cc1. The van der Waals surface area contributed by atoms with Crippen molar-refractivity contribution < 1.29 is 49.8 Å². The Balaban J connectivity index is 1.57. The fourth-order valence-electron chi connectivity index (χ4n) is 4.39. The zero-order valence-corrected chi connectivity index (χ0v) is 26.5. The average Bonchev–Trinajstić information content (AvgIpc) is 3.45. The first-order valence-corrected chi connectivity index (χ1v) is 16.4. The fourth-order valence-corrected chi connectivity index (χ4v) is 6.78. The molecule has 0 amide bonds. The van der Waals surface area contributed by atoms with E-state index in [9.17, 15) is 26.4 Å². The van der Waals surface area contributed by atoms with Crippen molar-refractivity contribution in [1.82, 2.24) is 4.72 Å². The highest BCUT2D eigenvalue weighted by Gasteiger charge is 2.28. The summed E-state index contributed by atoms with van der Waals surface area (Å²) in [6.07, 6.45) is -1.00. The van der Waals surface area contributed by atoms with Gasteiger partial charge in [-0.15, -0.1) is 0 Å². The molecule has 0 aliphatic carbocycles. The third-order valence-corrected chi connectivity index (χ3v) is 9.85. The molecule has 0 bridgehead atoms. The molecule has 0 fully saturated rings. The van der Waals surface area contributed by atoms with E-state index < -0.39 is 44.6 Å². The van der Waals surface area contributed by atoms with Crippen LogP contribution < -0.4 is 13.8 Å².